The average molecular weight is 270 g/mol. The second-order valence-corrected chi connectivity index (χ2v) is 4.88. The molecule has 0 aliphatic carbocycles. The van der Waals surface area contributed by atoms with Crippen LogP contribution in [-0.4, -0.2) is 6.04 Å². The summed E-state index contributed by atoms with van der Waals surface area (Å²) in [5.41, 5.74) is 1.09. The van der Waals surface area contributed by atoms with E-state index >= 15 is 0 Å². The smallest absolute Gasteiger partial charge is 0.0691 e. The normalized spacial score (nSPS) is 14.1. The molecule has 1 aromatic carbocycles. The highest BCUT2D eigenvalue weighted by Gasteiger charge is 2.11. The molecule has 0 aliphatic heterocycles. The van der Waals surface area contributed by atoms with Crippen LogP contribution < -0.4 is 5.32 Å². The third kappa shape index (κ3) is 4.24. The standard InChI is InChI=1S/C14H17Cl2N/c1-4-6-12(5-2)17-10(3)11-7-8-13(15)14(16)9-11/h2,7-10,12,17H,4,6H2,1,3H3. The Labute approximate surface area is 114 Å². The summed E-state index contributed by atoms with van der Waals surface area (Å²) < 4.78 is 0. The van der Waals surface area contributed by atoms with Crippen LogP contribution in [0.3, 0.4) is 0 Å². The first-order chi connectivity index (χ1) is 8.08. The number of rotatable bonds is 5. The van der Waals surface area contributed by atoms with Gasteiger partial charge in [-0.1, -0.05) is 48.5 Å². The van der Waals surface area contributed by atoms with E-state index in [2.05, 4.69) is 25.1 Å². The quantitative estimate of drug-likeness (QED) is 0.779. The molecule has 1 aromatic rings. The van der Waals surface area contributed by atoms with Gasteiger partial charge in [-0.05, 0) is 31.0 Å². The van der Waals surface area contributed by atoms with Gasteiger partial charge in [0, 0.05) is 6.04 Å². The van der Waals surface area contributed by atoms with Crippen LogP contribution in [-0.2, 0) is 0 Å². The van der Waals surface area contributed by atoms with Gasteiger partial charge >= 0.3 is 0 Å². The number of hydrogen-bond acceptors (Lipinski definition) is 1. The van der Waals surface area contributed by atoms with Crippen LogP contribution in [0.2, 0.25) is 10.0 Å². The van der Waals surface area contributed by atoms with Crippen molar-refractivity contribution in [2.45, 2.75) is 38.8 Å². The molecule has 0 bridgehead atoms. The van der Waals surface area contributed by atoms with Crippen LogP contribution in [0.5, 0.6) is 0 Å². The highest BCUT2D eigenvalue weighted by atomic mass is 35.5. The Balaban J connectivity index is 2.72. The largest absolute Gasteiger partial charge is 0.297 e. The van der Waals surface area contributed by atoms with E-state index in [9.17, 15) is 0 Å². The molecule has 0 fully saturated rings. The number of hydrogen-bond donors (Lipinski definition) is 1. The Hall–Kier alpha value is -0.680. The molecular weight excluding hydrogens is 253 g/mol. The van der Waals surface area contributed by atoms with Crippen molar-refractivity contribution in [3.63, 3.8) is 0 Å². The summed E-state index contributed by atoms with van der Waals surface area (Å²) in [4.78, 5) is 0. The number of halogens is 2. The minimum absolute atomic E-state index is 0.101. The molecule has 0 spiro atoms. The minimum Gasteiger partial charge on any atom is -0.297 e. The van der Waals surface area contributed by atoms with E-state index in [-0.39, 0.29) is 12.1 Å². The molecule has 0 radical (unpaired) electrons. The van der Waals surface area contributed by atoms with E-state index < -0.39 is 0 Å². The molecule has 3 heteroatoms. The van der Waals surface area contributed by atoms with Gasteiger partial charge in [-0.25, -0.2) is 0 Å². The zero-order valence-corrected chi connectivity index (χ0v) is 11.6. The molecule has 2 unspecified atom stereocenters. The van der Waals surface area contributed by atoms with Gasteiger partial charge in [0.25, 0.3) is 0 Å². The highest BCUT2D eigenvalue weighted by Crippen LogP contribution is 2.25. The third-order valence-corrected chi connectivity index (χ3v) is 3.41. The molecule has 1 rings (SSSR count). The zero-order valence-electron chi connectivity index (χ0n) is 10.1. The molecule has 1 nitrogen and oxygen atoms in total. The summed E-state index contributed by atoms with van der Waals surface area (Å²) in [6, 6.07) is 5.91. The molecule has 1 N–H and O–H groups in total. The maximum absolute atomic E-state index is 5.99. The van der Waals surface area contributed by atoms with E-state index in [4.69, 9.17) is 29.6 Å². The summed E-state index contributed by atoms with van der Waals surface area (Å²) in [7, 11) is 0. The monoisotopic (exact) mass is 269 g/mol. The SMILES string of the molecule is C#CC(CCC)NC(C)c1ccc(Cl)c(Cl)c1. The maximum Gasteiger partial charge on any atom is 0.0691 e. The fraction of sp³-hybridized carbons (Fsp3) is 0.429. The topological polar surface area (TPSA) is 12.0 Å². The van der Waals surface area contributed by atoms with E-state index in [1.54, 1.807) is 0 Å². The first kappa shape index (κ1) is 14.4. The summed E-state index contributed by atoms with van der Waals surface area (Å²) in [5.74, 6) is 2.76. The lowest BCUT2D eigenvalue weighted by Gasteiger charge is -2.19. The Morgan fingerprint density at radius 1 is 1.35 bits per heavy atom. The van der Waals surface area contributed by atoms with E-state index in [0.717, 1.165) is 18.4 Å². The lowest BCUT2D eigenvalue weighted by molar-refractivity contribution is 0.495. The summed E-state index contributed by atoms with van der Waals surface area (Å²) in [5, 5.41) is 4.54. The Morgan fingerprint density at radius 3 is 2.59 bits per heavy atom. The van der Waals surface area contributed by atoms with Crippen LogP contribution in [0.1, 0.15) is 38.3 Å². The second-order valence-electron chi connectivity index (χ2n) is 4.07. The predicted molar refractivity (Wildman–Crippen MR) is 75.5 cm³/mol. The molecule has 0 aromatic heterocycles. The fourth-order valence-electron chi connectivity index (χ4n) is 1.68. The fourth-order valence-corrected chi connectivity index (χ4v) is 1.99. The van der Waals surface area contributed by atoms with Gasteiger partial charge in [-0.2, -0.15) is 0 Å². The molecule has 0 saturated carbocycles. The van der Waals surface area contributed by atoms with Crippen molar-refractivity contribution >= 4 is 23.2 Å². The van der Waals surface area contributed by atoms with Crippen LogP contribution in [0.15, 0.2) is 18.2 Å². The van der Waals surface area contributed by atoms with Gasteiger partial charge < -0.3 is 0 Å². The van der Waals surface area contributed by atoms with Gasteiger partial charge in [-0.3, -0.25) is 5.32 Å². The van der Waals surface area contributed by atoms with Crippen molar-refractivity contribution in [2.24, 2.45) is 0 Å². The average Bonchev–Trinajstić information content (AvgIpc) is 2.31. The van der Waals surface area contributed by atoms with Crippen molar-refractivity contribution in [3.8, 4) is 12.3 Å². The van der Waals surface area contributed by atoms with Crippen LogP contribution in [0, 0.1) is 12.3 Å². The number of benzene rings is 1. The minimum atomic E-state index is 0.101. The van der Waals surface area contributed by atoms with Gasteiger partial charge in [0.2, 0.25) is 0 Å². The molecule has 17 heavy (non-hydrogen) atoms. The Kier molecular flexibility index (Phi) is 5.85. The molecule has 0 aliphatic rings. The van der Waals surface area contributed by atoms with Crippen LogP contribution >= 0.6 is 23.2 Å². The van der Waals surface area contributed by atoms with Gasteiger partial charge in [-0.15, -0.1) is 6.42 Å². The van der Waals surface area contributed by atoms with Gasteiger partial charge in [0.05, 0.1) is 16.1 Å². The second kappa shape index (κ2) is 6.91. The van der Waals surface area contributed by atoms with E-state index in [1.165, 1.54) is 0 Å². The Bertz CT molecular complexity index is 409. The van der Waals surface area contributed by atoms with Crippen molar-refractivity contribution in [3.05, 3.63) is 33.8 Å². The number of nitrogens with one attached hydrogen (secondary N) is 1. The summed E-state index contributed by atoms with van der Waals surface area (Å²) in [6.45, 7) is 4.19. The predicted octanol–water partition coefficient (Wildman–Crippen LogP) is 4.45. The first-order valence-corrected chi connectivity index (χ1v) is 6.51. The van der Waals surface area contributed by atoms with Crippen molar-refractivity contribution in [1.82, 2.24) is 5.32 Å². The third-order valence-electron chi connectivity index (χ3n) is 2.67. The van der Waals surface area contributed by atoms with Crippen LogP contribution in [0.4, 0.5) is 0 Å². The van der Waals surface area contributed by atoms with E-state index in [1.807, 2.05) is 18.2 Å². The molecule has 92 valence electrons. The first-order valence-electron chi connectivity index (χ1n) is 5.75. The lowest BCUT2D eigenvalue weighted by atomic mass is 10.1. The summed E-state index contributed by atoms with van der Waals surface area (Å²) in [6.07, 6.45) is 7.52. The van der Waals surface area contributed by atoms with Crippen molar-refractivity contribution < 1.29 is 0 Å². The highest BCUT2D eigenvalue weighted by molar-refractivity contribution is 6.42. The van der Waals surface area contributed by atoms with Crippen molar-refractivity contribution in [2.75, 3.05) is 0 Å². The van der Waals surface area contributed by atoms with Gasteiger partial charge in [0.1, 0.15) is 0 Å². The van der Waals surface area contributed by atoms with E-state index in [0.29, 0.717) is 10.0 Å². The van der Waals surface area contributed by atoms with Gasteiger partial charge in [0.15, 0.2) is 0 Å². The molecule has 0 saturated heterocycles. The lowest BCUT2D eigenvalue weighted by Crippen LogP contribution is -2.30. The zero-order chi connectivity index (χ0) is 12.8. The molecule has 0 heterocycles. The maximum atomic E-state index is 5.99. The van der Waals surface area contributed by atoms with Crippen molar-refractivity contribution in [1.29, 1.82) is 0 Å². The summed E-state index contributed by atoms with van der Waals surface area (Å²) >= 11 is 11.9. The number of terminal acetylenes is 1. The molecular formula is C14H17Cl2N. The molecule has 2 atom stereocenters. The molecule has 0 amide bonds. The van der Waals surface area contributed by atoms with Crippen LogP contribution in [0.25, 0.3) is 0 Å². The Morgan fingerprint density at radius 2 is 2.06 bits per heavy atom.